The van der Waals surface area contributed by atoms with E-state index >= 15 is 0 Å². The number of halogens is 1. The molecule has 0 N–H and O–H groups in total. The van der Waals surface area contributed by atoms with E-state index in [1.165, 1.54) is 7.11 Å². The van der Waals surface area contributed by atoms with Crippen LogP contribution in [0.5, 0.6) is 11.5 Å². The molecule has 0 aliphatic carbocycles. The zero-order valence-corrected chi connectivity index (χ0v) is 19.4. The smallest absolute Gasteiger partial charge is 0.260 e. The molecule has 2 amide bonds. The highest BCUT2D eigenvalue weighted by molar-refractivity contribution is 6.30. The Kier molecular flexibility index (Phi) is 7.57. The van der Waals surface area contributed by atoms with Crippen molar-refractivity contribution in [3.05, 3.63) is 53.1 Å². The van der Waals surface area contributed by atoms with E-state index in [2.05, 4.69) is 4.90 Å². The third-order valence-corrected chi connectivity index (χ3v) is 6.10. The van der Waals surface area contributed by atoms with Crippen LogP contribution in [0.25, 0.3) is 0 Å². The minimum atomic E-state index is -0.0990. The Hall–Kier alpha value is -2.97. The van der Waals surface area contributed by atoms with Gasteiger partial charge in [-0.3, -0.25) is 9.59 Å². The molecule has 0 saturated carbocycles. The van der Waals surface area contributed by atoms with Crippen molar-refractivity contribution in [2.24, 2.45) is 0 Å². The second-order valence-electron chi connectivity index (χ2n) is 7.91. The summed E-state index contributed by atoms with van der Waals surface area (Å²) < 4.78 is 16.4. The number of ether oxygens (including phenoxy) is 3. The predicted octanol–water partition coefficient (Wildman–Crippen LogP) is 2.55. The van der Waals surface area contributed by atoms with Crippen LogP contribution in [0.4, 0.5) is 5.69 Å². The molecule has 2 saturated heterocycles. The Bertz CT molecular complexity index is 988. The number of anilines is 1. The Labute approximate surface area is 198 Å². The third-order valence-electron chi connectivity index (χ3n) is 5.87. The summed E-state index contributed by atoms with van der Waals surface area (Å²) >= 11 is 6.10. The number of nitrogens with zero attached hydrogens (tertiary/aromatic N) is 3. The molecule has 0 atom stereocenters. The summed E-state index contributed by atoms with van der Waals surface area (Å²) in [6.45, 7) is 4.81. The minimum Gasteiger partial charge on any atom is -0.493 e. The molecule has 2 fully saturated rings. The van der Waals surface area contributed by atoms with E-state index in [1.807, 2.05) is 29.2 Å². The van der Waals surface area contributed by atoms with Gasteiger partial charge in [-0.1, -0.05) is 17.7 Å². The number of methoxy groups -OCH3 is 1. The molecule has 2 aliphatic rings. The molecule has 0 spiro atoms. The van der Waals surface area contributed by atoms with Crippen molar-refractivity contribution in [1.29, 1.82) is 0 Å². The summed E-state index contributed by atoms with van der Waals surface area (Å²) in [7, 11) is 1.52. The lowest BCUT2D eigenvalue weighted by Gasteiger charge is -2.36. The molecule has 4 rings (SSSR count). The van der Waals surface area contributed by atoms with Crippen LogP contribution >= 0.6 is 11.6 Å². The number of carbonyl (C=O) groups is 2. The van der Waals surface area contributed by atoms with Gasteiger partial charge in [-0.25, -0.2) is 0 Å². The maximum Gasteiger partial charge on any atom is 0.260 e. The van der Waals surface area contributed by atoms with Gasteiger partial charge >= 0.3 is 0 Å². The number of hydrogen-bond acceptors (Lipinski definition) is 6. The quantitative estimate of drug-likeness (QED) is 0.642. The third kappa shape index (κ3) is 5.69. The Morgan fingerprint density at radius 3 is 2.39 bits per heavy atom. The molecule has 176 valence electrons. The predicted molar refractivity (Wildman–Crippen MR) is 125 cm³/mol. The normalized spacial score (nSPS) is 16.5. The van der Waals surface area contributed by atoms with Gasteiger partial charge < -0.3 is 28.9 Å². The van der Waals surface area contributed by atoms with Gasteiger partial charge in [-0.15, -0.1) is 0 Å². The number of benzene rings is 2. The Morgan fingerprint density at radius 2 is 1.70 bits per heavy atom. The fraction of sp³-hybridized carbons (Fsp3) is 0.417. The molecular weight excluding hydrogens is 446 g/mol. The fourth-order valence-corrected chi connectivity index (χ4v) is 4.17. The zero-order chi connectivity index (χ0) is 23.2. The Balaban J connectivity index is 1.35. The molecule has 33 heavy (non-hydrogen) atoms. The van der Waals surface area contributed by atoms with Gasteiger partial charge in [-0.2, -0.15) is 0 Å². The molecular formula is C24H28ClN3O5. The number of hydrogen-bond donors (Lipinski definition) is 0. The average Bonchev–Trinajstić information content (AvgIpc) is 2.87. The van der Waals surface area contributed by atoms with Crippen molar-refractivity contribution in [2.45, 2.75) is 0 Å². The fourth-order valence-electron chi connectivity index (χ4n) is 3.99. The largest absolute Gasteiger partial charge is 0.493 e. The van der Waals surface area contributed by atoms with Gasteiger partial charge in [0.2, 0.25) is 0 Å². The summed E-state index contributed by atoms with van der Waals surface area (Å²) in [5, 5.41) is 0.701. The van der Waals surface area contributed by atoms with Gasteiger partial charge in [0.05, 0.1) is 20.3 Å². The summed E-state index contributed by atoms with van der Waals surface area (Å²) in [6.07, 6.45) is 0. The van der Waals surface area contributed by atoms with E-state index in [-0.39, 0.29) is 18.4 Å². The number of rotatable bonds is 6. The van der Waals surface area contributed by atoms with Crippen LogP contribution in [-0.2, 0) is 9.53 Å². The van der Waals surface area contributed by atoms with E-state index in [0.717, 1.165) is 18.8 Å². The van der Waals surface area contributed by atoms with Gasteiger partial charge in [0, 0.05) is 55.5 Å². The molecule has 9 heteroatoms. The zero-order valence-electron chi connectivity index (χ0n) is 18.7. The first kappa shape index (κ1) is 23.2. The van der Waals surface area contributed by atoms with Gasteiger partial charge in [-0.05, 0) is 36.4 Å². The second kappa shape index (κ2) is 10.8. The molecule has 0 unspecified atom stereocenters. The summed E-state index contributed by atoms with van der Waals surface area (Å²) in [4.78, 5) is 31.2. The van der Waals surface area contributed by atoms with Crippen molar-refractivity contribution in [3.8, 4) is 11.5 Å². The molecule has 0 bridgehead atoms. The number of carbonyl (C=O) groups excluding carboxylic acids is 2. The Morgan fingerprint density at radius 1 is 0.939 bits per heavy atom. The second-order valence-corrected chi connectivity index (χ2v) is 8.34. The van der Waals surface area contributed by atoms with E-state index in [4.69, 9.17) is 25.8 Å². The summed E-state index contributed by atoms with van der Waals surface area (Å²) in [5.74, 6) is 0.697. The molecule has 0 radical (unpaired) electrons. The van der Waals surface area contributed by atoms with Crippen LogP contribution in [-0.4, -0.2) is 87.8 Å². The van der Waals surface area contributed by atoms with Crippen LogP contribution in [0.3, 0.4) is 0 Å². The first-order chi connectivity index (χ1) is 16.0. The monoisotopic (exact) mass is 473 g/mol. The van der Waals surface area contributed by atoms with Crippen LogP contribution in [0, 0.1) is 0 Å². The molecule has 2 aromatic carbocycles. The number of morpholine rings is 1. The first-order valence-electron chi connectivity index (χ1n) is 11.0. The highest BCUT2D eigenvalue weighted by atomic mass is 35.5. The molecule has 0 aromatic heterocycles. The molecule has 8 nitrogen and oxygen atoms in total. The maximum atomic E-state index is 13.1. The van der Waals surface area contributed by atoms with Gasteiger partial charge in [0.25, 0.3) is 11.8 Å². The van der Waals surface area contributed by atoms with E-state index < -0.39 is 0 Å². The molecule has 2 aliphatic heterocycles. The lowest BCUT2D eigenvalue weighted by Crippen LogP contribution is -2.48. The maximum absolute atomic E-state index is 13.1. The van der Waals surface area contributed by atoms with Crippen molar-refractivity contribution in [2.75, 3.05) is 71.1 Å². The average molecular weight is 474 g/mol. The number of piperazine rings is 1. The van der Waals surface area contributed by atoms with Crippen LogP contribution in [0.15, 0.2) is 42.5 Å². The SMILES string of the molecule is COc1cc(C(=O)N2CCN(c3cccc(Cl)c3)CC2)ccc1OCC(=O)N1CCOCC1. The van der Waals surface area contributed by atoms with Crippen LogP contribution in [0.1, 0.15) is 10.4 Å². The van der Waals surface area contributed by atoms with Gasteiger partial charge in [0.15, 0.2) is 18.1 Å². The van der Waals surface area contributed by atoms with Crippen molar-refractivity contribution in [1.82, 2.24) is 9.80 Å². The standard InChI is InChI=1S/C24H28ClN3O5/c1-31-22-15-18(5-6-21(22)33-17-23(29)27-11-13-32-14-12-27)24(30)28-9-7-26(8-10-28)20-4-2-3-19(25)16-20/h2-6,15-16H,7-14,17H2,1H3. The first-order valence-corrected chi connectivity index (χ1v) is 11.4. The van der Waals surface area contributed by atoms with E-state index in [9.17, 15) is 9.59 Å². The van der Waals surface area contributed by atoms with E-state index in [0.29, 0.717) is 61.5 Å². The summed E-state index contributed by atoms with van der Waals surface area (Å²) in [5.41, 5.74) is 1.58. The van der Waals surface area contributed by atoms with Crippen molar-refractivity contribution >= 4 is 29.1 Å². The topological polar surface area (TPSA) is 71.6 Å². The molecule has 2 heterocycles. The minimum absolute atomic E-state index is 0.0602. The lowest BCUT2D eigenvalue weighted by atomic mass is 10.1. The highest BCUT2D eigenvalue weighted by Gasteiger charge is 2.24. The van der Waals surface area contributed by atoms with Crippen LogP contribution in [0.2, 0.25) is 5.02 Å². The van der Waals surface area contributed by atoms with Crippen LogP contribution < -0.4 is 14.4 Å². The summed E-state index contributed by atoms with van der Waals surface area (Å²) in [6, 6.07) is 12.8. The van der Waals surface area contributed by atoms with Crippen molar-refractivity contribution in [3.63, 3.8) is 0 Å². The lowest BCUT2D eigenvalue weighted by molar-refractivity contribution is -0.137. The number of amides is 2. The van der Waals surface area contributed by atoms with Crippen molar-refractivity contribution < 1.29 is 23.8 Å². The highest BCUT2D eigenvalue weighted by Crippen LogP contribution is 2.29. The van der Waals surface area contributed by atoms with E-state index in [1.54, 1.807) is 23.1 Å². The molecule has 2 aromatic rings. The van der Waals surface area contributed by atoms with Gasteiger partial charge in [0.1, 0.15) is 0 Å².